The number of anilines is 1. The molecule has 1 aliphatic heterocycles. The molecule has 3 heterocycles. The first-order valence-electron chi connectivity index (χ1n) is 8.22. The fourth-order valence-corrected chi connectivity index (χ4v) is 3.74. The quantitative estimate of drug-likeness (QED) is 0.795. The van der Waals surface area contributed by atoms with E-state index in [9.17, 15) is 9.59 Å². The lowest BCUT2D eigenvalue weighted by Crippen LogP contribution is -2.49. The monoisotopic (exact) mass is 325 g/mol. The molecule has 2 fully saturated rings. The van der Waals surface area contributed by atoms with E-state index in [1.807, 2.05) is 6.07 Å². The lowest BCUT2D eigenvalue weighted by Gasteiger charge is -2.35. The average molecular weight is 325 g/mol. The number of imide groups is 1. The number of carbonyl (C=O) groups excluding carboxylic acids is 2. The Hall–Kier alpha value is -2.70. The molecular weight excluding hydrogens is 306 g/mol. The van der Waals surface area contributed by atoms with E-state index in [4.69, 9.17) is 0 Å². The normalized spacial score (nSPS) is 20.2. The molecule has 4 rings (SSSR count). The molecule has 2 aliphatic rings. The molecule has 1 saturated heterocycles. The largest absolute Gasteiger partial charge is 0.332 e. The molecule has 1 aliphatic carbocycles. The Morgan fingerprint density at radius 3 is 2.54 bits per heavy atom. The third kappa shape index (κ3) is 2.04. The highest BCUT2D eigenvalue weighted by atomic mass is 16.2. The molecule has 0 atom stereocenters. The fraction of sp³-hybridized carbons (Fsp3) is 0.412. The van der Waals surface area contributed by atoms with Crippen molar-refractivity contribution in [2.45, 2.75) is 37.6 Å². The minimum atomic E-state index is -0.671. The molecule has 7 nitrogen and oxygen atoms in total. The van der Waals surface area contributed by atoms with Crippen LogP contribution in [-0.4, -0.2) is 44.2 Å². The Morgan fingerprint density at radius 2 is 1.92 bits per heavy atom. The van der Waals surface area contributed by atoms with Gasteiger partial charge in [-0.05, 0) is 31.0 Å². The van der Waals surface area contributed by atoms with E-state index < -0.39 is 5.54 Å². The van der Waals surface area contributed by atoms with Crippen LogP contribution in [0, 0.1) is 0 Å². The van der Waals surface area contributed by atoms with E-state index in [-0.39, 0.29) is 11.9 Å². The Morgan fingerprint density at radius 1 is 1.12 bits per heavy atom. The number of urea groups is 1. The molecule has 2 aromatic rings. The van der Waals surface area contributed by atoms with Gasteiger partial charge in [0.2, 0.25) is 0 Å². The van der Waals surface area contributed by atoms with Gasteiger partial charge in [-0.25, -0.2) is 19.4 Å². The summed E-state index contributed by atoms with van der Waals surface area (Å²) in [6.45, 7) is 0. The molecular formula is C17H19N5O2. The maximum absolute atomic E-state index is 13.0. The zero-order chi connectivity index (χ0) is 16.7. The highest BCUT2D eigenvalue weighted by Gasteiger charge is 2.56. The van der Waals surface area contributed by atoms with Crippen molar-refractivity contribution in [1.29, 1.82) is 0 Å². The van der Waals surface area contributed by atoms with Gasteiger partial charge in [0.15, 0.2) is 5.82 Å². The maximum atomic E-state index is 13.0. The third-order valence-corrected chi connectivity index (χ3v) is 5.13. The van der Waals surface area contributed by atoms with Crippen LogP contribution in [0.1, 0.15) is 32.1 Å². The summed E-state index contributed by atoms with van der Waals surface area (Å²) < 4.78 is 1.63. The Labute approximate surface area is 139 Å². The predicted octanol–water partition coefficient (Wildman–Crippen LogP) is 2.37. The van der Waals surface area contributed by atoms with Crippen molar-refractivity contribution in [2.75, 3.05) is 11.9 Å². The van der Waals surface area contributed by atoms with Crippen molar-refractivity contribution in [1.82, 2.24) is 19.7 Å². The summed E-state index contributed by atoms with van der Waals surface area (Å²) in [6, 6.07) is 5.05. The molecule has 24 heavy (non-hydrogen) atoms. The number of rotatable bonds is 2. The molecule has 0 N–H and O–H groups in total. The molecule has 0 unspecified atom stereocenters. The van der Waals surface area contributed by atoms with E-state index in [1.54, 1.807) is 47.4 Å². The van der Waals surface area contributed by atoms with Crippen LogP contribution in [0.3, 0.4) is 0 Å². The van der Waals surface area contributed by atoms with Crippen LogP contribution in [0.5, 0.6) is 0 Å². The summed E-state index contributed by atoms with van der Waals surface area (Å²) in [4.78, 5) is 32.9. The number of carbonyl (C=O) groups is 2. The standard InChI is InChI=1S/C17H19N5O2/c1-20-16(24)22(15(23)17(20)8-3-2-4-9-17)13-6-7-14(18-12-13)21-11-5-10-19-21/h5-7,10-12H,2-4,8-9H2,1H3. The molecule has 0 radical (unpaired) electrons. The Kier molecular flexibility index (Phi) is 3.37. The number of aromatic nitrogens is 3. The first-order valence-corrected chi connectivity index (χ1v) is 8.22. The van der Waals surface area contributed by atoms with Gasteiger partial charge in [0.1, 0.15) is 5.54 Å². The topological polar surface area (TPSA) is 71.3 Å². The fourth-order valence-electron chi connectivity index (χ4n) is 3.74. The van der Waals surface area contributed by atoms with Gasteiger partial charge in [-0.3, -0.25) is 4.79 Å². The summed E-state index contributed by atoms with van der Waals surface area (Å²) in [5.74, 6) is 0.520. The number of amides is 3. The third-order valence-electron chi connectivity index (χ3n) is 5.13. The van der Waals surface area contributed by atoms with Crippen LogP contribution in [0.15, 0.2) is 36.8 Å². The van der Waals surface area contributed by atoms with Gasteiger partial charge in [-0.1, -0.05) is 19.3 Å². The van der Waals surface area contributed by atoms with Crippen molar-refractivity contribution >= 4 is 17.6 Å². The van der Waals surface area contributed by atoms with Crippen molar-refractivity contribution < 1.29 is 9.59 Å². The smallest absolute Gasteiger partial charge is 0.312 e. The van der Waals surface area contributed by atoms with Crippen LogP contribution in [-0.2, 0) is 4.79 Å². The van der Waals surface area contributed by atoms with E-state index >= 15 is 0 Å². The Balaban J connectivity index is 1.66. The first kappa shape index (κ1) is 14.9. The van der Waals surface area contributed by atoms with Crippen molar-refractivity contribution in [3.63, 3.8) is 0 Å². The lowest BCUT2D eigenvalue weighted by atomic mass is 9.80. The summed E-state index contributed by atoms with van der Waals surface area (Å²) in [7, 11) is 1.73. The van der Waals surface area contributed by atoms with Gasteiger partial charge in [0, 0.05) is 19.4 Å². The Bertz CT molecular complexity index is 763. The van der Waals surface area contributed by atoms with Gasteiger partial charge in [0.05, 0.1) is 11.9 Å². The van der Waals surface area contributed by atoms with Crippen LogP contribution in [0.25, 0.3) is 5.82 Å². The average Bonchev–Trinajstić information content (AvgIpc) is 3.21. The molecule has 124 valence electrons. The molecule has 0 aromatic carbocycles. The van der Waals surface area contributed by atoms with E-state index in [1.165, 1.54) is 4.90 Å². The summed E-state index contributed by atoms with van der Waals surface area (Å²) >= 11 is 0. The number of nitrogens with zero attached hydrogens (tertiary/aromatic N) is 5. The molecule has 1 spiro atoms. The van der Waals surface area contributed by atoms with Crippen LogP contribution >= 0.6 is 0 Å². The molecule has 1 saturated carbocycles. The number of pyridine rings is 1. The van der Waals surface area contributed by atoms with E-state index in [2.05, 4.69) is 10.1 Å². The van der Waals surface area contributed by atoms with E-state index in [0.717, 1.165) is 32.1 Å². The van der Waals surface area contributed by atoms with Gasteiger partial charge >= 0.3 is 6.03 Å². The summed E-state index contributed by atoms with van der Waals surface area (Å²) in [5, 5.41) is 4.12. The van der Waals surface area contributed by atoms with Gasteiger partial charge in [0.25, 0.3) is 5.91 Å². The van der Waals surface area contributed by atoms with Crippen molar-refractivity contribution in [3.8, 4) is 5.82 Å². The van der Waals surface area contributed by atoms with Crippen LogP contribution in [0.2, 0.25) is 0 Å². The van der Waals surface area contributed by atoms with Gasteiger partial charge in [-0.15, -0.1) is 0 Å². The minimum absolute atomic E-state index is 0.122. The molecule has 7 heteroatoms. The minimum Gasteiger partial charge on any atom is -0.312 e. The molecule has 2 aromatic heterocycles. The molecule has 3 amide bonds. The van der Waals surface area contributed by atoms with Crippen LogP contribution < -0.4 is 4.90 Å². The highest BCUT2D eigenvalue weighted by molar-refractivity contribution is 6.23. The van der Waals surface area contributed by atoms with Crippen molar-refractivity contribution in [2.24, 2.45) is 0 Å². The van der Waals surface area contributed by atoms with Crippen LogP contribution in [0.4, 0.5) is 10.5 Å². The van der Waals surface area contributed by atoms with Gasteiger partial charge in [-0.2, -0.15) is 5.10 Å². The zero-order valence-corrected chi connectivity index (χ0v) is 13.6. The summed E-state index contributed by atoms with van der Waals surface area (Å²) in [5.41, 5.74) is -0.161. The maximum Gasteiger partial charge on any atom is 0.332 e. The zero-order valence-electron chi connectivity index (χ0n) is 13.6. The number of hydrogen-bond acceptors (Lipinski definition) is 4. The van der Waals surface area contributed by atoms with E-state index in [0.29, 0.717) is 11.5 Å². The first-order chi connectivity index (χ1) is 11.6. The highest BCUT2D eigenvalue weighted by Crippen LogP contribution is 2.40. The summed E-state index contributed by atoms with van der Waals surface area (Å²) in [6.07, 6.45) is 9.58. The number of likely N-dealkylation sites (N-methyl/N-ethyl adjacent to an activating group) is 1. The second-order valence-corrected chi connectivity index (χ2v) is 6.40. The van der Waals surface area contributed by atoms with Crippen molar-refractivity contribution in [3.05, 3.63) is 36.8 Å². The number of hydrogen-bond donors (Lipinski definition) is 0. The second kappa shape index (κ2) is 5.43. The SMILES string of the molecule is CN1C(=O)N(c2ccc(-n3cccn3)nc2)C(=O)C12CCCCC2. The lowest BCUT2D eigenvalue weighted by molar-refractivity contribution is -0.126. The predicted molar refractivity (Wildman–Crippen MR) is 87.8 cm³/mol. The second-order valence-electron chi connectivity index (χ2n) is 6.40. The van der Waals surface area contributed by atoms with Gasteiger partial charge < -0.3 is 4.90 Å². The molecule has 0 bridgehead atoms.